The van der Waals surface area contributed by atoms with E-state index in [1.807, 2.05) is 13.1 Å². The topological polar surface area (TPSA) is 48.4 Å². The van der Waals surface area contributed by atoms with Gasteiger partial charge in [0.25, 0.3) is 0 Å². The molecule has 0 spiro atoms. The Morgan fingerprint density at radius 2 is 2.11 bits per heavy atom. The number of rotatable bonds is 8. The van der Waals surface area contributed by atoms with Crippen molar-refractivity contribution in [3.05, 3.63) is 29.1 Å². The summed E-state index contributed by atoms with van der Waals surface area (Å²) < 4.78 is 0. The molecule has 0 aliphatic rings. The molecular weight excluding hydrogens is 226 g/mol. The molecule has 0 aromatic carbocycles. The van der Waals surface area contributed by atoms with E-state index in [9.17, 15) is 0 Å². The van der Waals surface area contributed by atoms with Crippen LogP contribution in [0.1, 0.15) is 23.7 Å². The Morgan fingerprint density at radius 3 is 2.72 bits per heavy atom. The van der Waals surface area contributed by atoms with E-state index in [0.717, 1.165) is 31.9 Å². The van der Waals surface area contributed by atoms with Gasteiger partial charge in [-0.05, 0) is 37.6 Å². The first-order valence-electron chi connectivity index (χ1n) is 6.63. The first kappa shape index (κ1) is 15.1. The summed E-state index contributed by atoms with van der Waals surface area (Å²) in [6.45, 7) is 11.1. The Kier molecular flexibility index (Phi) is 6.86. The summed E-state index contributed by atoms with van der Waals surface area (Å²) in [5, 5.41) is 11.9. The summed E-state index contributed by atoms with van der Waals surface area (Å²) in [6.07, 6.45) is 1.98. The molecule has 4 nitrogen and oxygen atoms in total. The number of aliphatic hydroxyl groups is 1. The van der Waals surface area contributed by atoms with Crippen LogP contribution in [-0.2, 0) is 6.54 Å². The summed E-state index contributed by atoms with van der Waals surface area (Å²) in [5.74, 6) is 0. The molecule has 0 aliphatic carbocycles. The van der Waals surface area contributed by atoms with E-state index in [-0.39, 0.29) is 6.61 Å². The second kappa shape index (κ2) is 8.19. The lowest BCUT2D eigenvalue weighted by Crippen LogP contribution is -2.33. The average Bonchev–Trinajstić information content (AvgIpc) is 2.35. The Bertz CT molecular complexity index is 355. The van der Waals surface area contributed by atoms with Gasteiger partial charge in [0.1, 0.15) is 0 Å². The number of aliphatic hydroxyl groups excluding tert-OH is 1. The lowest BCUT2D eigenvalue weighted by atomic mass is 10.1. The maximum atomic E-state index is 8.70. The Labute approximate surface area is 110 Å². The standard InChI is InChI=1S/C14H25N3O/c1-4-17(7-5-15-6-8-18)11-14-10-16-13(3)9-12(14)2/h9-10,15,18H,4-8,11H2,1-3H3. The molecule has 0 saturated heterocycles. The van der Waals surface area contributed by atoms with Crippen molar-refractivity contribution in [3.8, 4) is 0 Å². The highest BCUT2D eigenvalue weighted by Gasteiger charge is 2.06. The molecule has 0 radical (unpaired) electrons. The van der Waals surface area contributed by atoms with Crippen LogP contribution < -0.4 is 5.32 Å². The van der Waals surface area contributed by atoms with E-state index in [4.69, 9.17) is 5.11 Å². The van der Waals surface area contributed by atoms with Crippen molar-refractivity contribution < 1.29 is 5.11 Å². The molecule has 4 heteroatoms. The van der Waals surface area contributed by atoms with Crippen molar-refractivity contribution in [3.63, 3.8) is 0 Å². The number of pyridine rings is 1. The Hall–Kier alpha value is -0.970. The molecule has 0 saturated carbocycles. The second-order valence-corrected chi connectivity index (χ2v) is 4.59. The van der Waals surface area contributed by atoms with Crippen molar-refractivity contribution in [2.45, 2.75) is 27.3 Å². The van der Waals surface area contributed by atoms with E-state index in [0.29, 0.717) is 6.54 Å². The molecule has 0 unspecified atom stereocenters. The van der Waals surface area contributed by atoms with Crippen molar-refractivity contribution in [2.75, 3.05) is 32.8 Å². The molecule has 0 fully saturated rings. The molecule has 1 aromatic rings. The minimum atomic E-state index is 0.202. The van der Waals surface area contributed by atoms with Crippen LogP contribution in [0.4, 0.5) is 0 Å². The van der Waals surface area contributed by atoms with E-state index >= 15 is 0 Å². The summed E-state index contributed by atoms with van der Waals surface area (Å²) in [5.41, 5.74) is 3.68. The van der Waals surface area contributed by atoms with E-state index in [1.165, 1.54) is 11.1 Å². The lowest BCUT2D eigenvalue weighted by molar-refractivity contribution is 0.263. The van der Waals surface area contributed by atoms with Crippen LogP contribution in [0.15, 0.2) is 12.3 Å². The quantitative estimate of drug-likeness (QED) is 0.679. The second-order valence-electron chi connectivity index (χ2n) is 4.59. The van der Waals surface area contributed by atoms with Gasteiger partial charge in [-0.25, -0.2) is 0 Å². The zero-order valence-corrected chi connectivity index (χ0v) is 11.7. The maximum Gasteiger partial charge on any atom is 0.0555 e. The number of hydrogen-bond acceptors (Lipinski definition) is 4. The highest BCUT2D eigenvalue weighted by molar-refractivity contribution is 5.24. The first-order valence-corrected chi connectivity index (χ1v) is 6.63. The Balaban J connectivity index is 2.46. The average molecular weight is 251 g/mol. The van der Waals surface area contributed by atoms with E-state index in [2.05, 4.69) is 35.1 Å². The van der Waals surface area contributed by atoms with Gasteiger partial charge in [-0.1, -0.05) is 6.92 Å². The molecule has 1 heterocycles. The van der Waals surface area contributed by atoms with Gasteiger partial charge in [-0.3, -0.25) is 9.88 Å². The third-order valence-electron chi connectivity index (χ3n) is 3.09. The van der Waals surface area contributed by atoms with Gasteiger partial charge in [-0.2, -0.15) is 0 Å². The molecule has 102 valence electrons. The van der Waals surface area contributed by atoms with Crippen LogP contribution in [-0.4, -0.2) is 47.8 Å². The van der Waals surface area contributed by atoms with Gasteiger partial charge >= 0.3 is 0 Å². The molecule has 0 aliphatic heterocycles. The summed E-state index contributed by atoms with van der Waals surface area (Å²) in [4.78, 5) is 6.74. The predicted molar refractivity (Wildman–Crippen MR) is 74.6 cm³/mol. The number of aryl methyl sites for hydroxylation is 2. The third kappa shape index (κ3) is 5.12. The van der Waals surface area contributed by atoms with E-state index < -0.39 is 0 Å². The molecule has 2 N–H and O–H groups in total. The van der Waals surface area contributed by atoms with Crippen LogP contribution >= 0.6 is 0 Å². The van der Waals surface area contributed by atoms with Crippen molar-refractivity contribution in [1.82, 2.24) is 15.2 Å². The third-order valence-corrected chi connectivity index (χ3v) is 3.09. The summed E-state index contributed by atoms with van der Waals surface area (Å²) >= 11 is 0. The zero-order chi connectivity index (χ0) is 13.4. The van der Waals surface area contributed by atoms with Crippen LogP contribution in [0.3, 0.4) is 0 Å². The van der Waals surface area contributed by atoms with Gasteiger partial charge in [0.2, 0.25) is 0 Å². The highest BCUT2D eigenvalue weighted by atomic mass is 16.3. The largest absolute Gasteiger partial charge is 0.395 e. The van der Waals surface area contributed by atoms with Crippen LogP contribution in [0.25, 0.3) is 0 Å². The van der Waals surface area contributed by atoms with Gasteiger partial charge < -0.3 is 10.4 Å². The predicted octanol–water partition coefficient (Wildman–Crippen LogP) is 1.10. The lowest BCUT2D eigenvalue weighted by Gasteiger charge is -2.21. The smallest absolute Gasteiger partial charge is 0.0555 e. The van der Waals surface area contributed by atoms with E-state index in [1.54, 1.807) is 0 Å². The molecule has 0 atom stereocenters. The number of hydrogen-bond donors (Lipinski definition) is 2. The molecule has 1 aromatic heterocycles. The fourth-order valence-electron chi connectivity index (χ4n) is 1.92. The normalized spacial score (nSPS) is 11.2. The molecule has 0 bridgehead atoms. The summed E-state index contributed by atoms with van der Waals surface area (Å²) in [6, 6.07) is 2.13. The van der Waals surface area contributed by atoms with Crippen LogP contribution in [0, 0.1) is 13.8 Å². The van der Waals surface area contributed by atoms with Crippen LogP contribution in [0.2, 0.25) is 0 Å². The monoisotopic (exact) mass is 251 g/mol. The maximum absolute atomic E-state index is 8.70. The Morgan fingerprint density at radius 1 is 1.33 bits per heavy atom. The van der Waals surface area contributed by atoms with Gasteiger partial charge in [0.15, 0.2) is 0 Å². The first-order chi connectivity index (χ1) is 8.67. The fourth-order valence-corrected chi connectivity index (χ4v) is 1.92. The highest BCUT2D eigenvalue weighted by Crippen LogP contribution is 2.10. The molecule has 1 rings (SSSR count). The van der Waals surface area contributed by atoms with Crippen molar-refractivity contribution in [2.24, 2.45) is 0 Å². The van der Waals surface area contributed by atoms with Crippen molar-refractivity contribution >= 4 is 0 Å². The summed E-state index contributed by atoms with van der Waals surface area (Å²) in [7, 11) is 0. The minimum absolute atomic E-state index is 0.202. The van der Waals surface area contributed by atoms with Gasteiger partial charge in [-0.15, -0.1) is 0 Å². The molecule has 18 heavy (non-hydrogen) atoms. The molecule has 0 amide bonds. The zero-order valence-electron chi connectivity index (χ0n) is 11.7. The molecular formula is C14H25N3O. The van der Waals surface area contributed by atoms with Crippen molar-refractivity contribution in [1.29, 1.82) is 0 Å². The van der Waals surface area contributed by atoms with Gasteiger partial charge in [0.05, 0.1) is 6.61 Å². The van der Waals surface area contributed by atoms with Crippen LogP contribution in [0.5, 0.6) is 0 Å². The SMILES string of the molecule is CCN(CCNCCO)Cc1cnc(C)cc1C. The number of nitrogens with one attached hydrogen (secondary N) is 1. The fraction of sp³-hybridized carbons (Fsp3) is 0.643. The van der Waals surface area contributed by atoms with Gasteiger partial charge in [0, 0.05) is 38.1 Å². The number of nitrogens with zero attached hydrogens (tertiary/aromatic N) is 2. The minimum Gasteiger partial charge on any atom is -0.395 e. The number of likely N-dealkylation sites (N-methyl/N-ethyl adjacent to an activating group) is 1. The number of aromatic nitrogens is 1.